The number of aromatic amines is 2. The number of imidazole rings is 2. The van der Waals surface area contributed by atoms with Crippen LogP contribution in [0.2, 0.25) is 0 Å². The molecule has 338 valence electrons. The molecule has 1 aliphatic carbocycles. The van der Waals surface area contributed by atoms with Crippen molar-refractivity contribution in [3.63, 3.8) is 0 Å². The number of likely N-dealkylation sites (tertiary alicyclic amines) is 2. The standard InChI is InChI=1S/C45H54F4N8O6/c1-41(2,3)34(54-39(60)62-8)37(58)56-18-10-12-32(56)35-50-22-30(52-35)24-14-16-26-27-17-15-25(21-29(27)45(48,49)44(46,47)28(26)20-24)31-23-51-36(53-31)33-13-11-19-57(33)38(59)43(7,42(4,5)6)55-40(61)63-9/h14-17,20-23,32-34H,10-13,18-19H2,1-9H3,(H,50,52)(H,51,53)(H,54,60)(H,55,61)/t32-,33-,34+,43-/m0/s1. The van der Waals surface area contributed by atoms with Gasteiger partial charge in [0.05, 0.1) is 50.1 Å². The third kappa shape index (κ3) is 7.79. The summed E-state index contributed by atoms with van der Waals surface area (Å²) in [6.07, 6.45) is 3.73. The van der Waals surface area contributed by atoms with Crippen LogP contribution in [0.25, 0.3) is 33.6 Å². The Morgan fingerprint density at radius 2 is 1.19 bits per heavy atom. The van der Waals surface area contributed by atoms with Gasteiger partial charge in [0.15, 0.2) is 0 Å². The maximum atomic E-state index is 16.2. The summed E-state index contributed by atoms with van der Waals surface area (Å²) in [4.78, 5) is 70.9. The highest BCUT2D eigenvalue weighted by atomic mass is 19.3. The Balaban J connectivity index is 1.15. The topological polar surface area (TPSA) is 175 Å². The molecule has 3 aliphatic rings. The third-order valence-electron chi connectivity index (χ3n) is 12.9. The van der Waals surface area contributed by atoms with E-state index in [0.717, 1.165) is 12.1 Å². The second kappa shape index (κ2) is 16.0. The van der Waals surface area contributed by atoms with Crippen molar-refractivity contribution in [1.29, 1.82) is 0 Å². The quantitative estimate of drug-likeness (QED) is 0.127. The first-order chi connectivity index (χ1) is 29.4. The first-order valence-electron chi connectivity index (χ1n) is 20.9. The predicted octanol–water partition coefficient (Wildman–Crippen LogP) is 8.59. The lowest BCUT2D eigenvalue weighted by Crippen LogP contribution is -2.64. The van der Waals surface area contributed by atoms with Gasteiger partial charge in [0, 0.05) is 35.3 Å². The van der Waals surface area contributed by atoms with Gasteiger partial charge in [-0.15, -0.1) is 0 Å². The number of amides is 4. The number of aromatic nitrogens is 4. The molecule has 4 N–H and O–H groups in total. The molecule has 0 saturated carbocycles. The van der Waals surface area contributed by atoms with Crippen molar-refractivity contribution in [3.8, 4) is 33.6 Å². The number of alkyl halides is 4. The monoisotopic (exact) mass is 878 g/mol. The van der Waals surface area contributed by atoms with Crippen molar-refractivity contribution in [2.24, 2.45) is 10.8 Å². The van der Waals surface area contributed by atoms with E-state index in [0.29, 0.717) is 61.8 Å². The molecule has 0 spiro atoms. The molecule has 2 aromatic heterocycles. The molecular weight excluding hydrogens is 825 g/mol. The van der Waals surface area contributed by atoms with Gasteiger partial charge in [-0.2, -0.15) is 17.6 Å². The van der Waals surface area contributed by atoms with Crippen LogP contribution in [0.1, 0.15) is 109 Å². The fourth-order valence-corrected chi connectivity index (χ4v) is 8.76. The van der Waals surface area contributed by atoms with Gasteiger partial charge in [-0.3, -0.25) is 9.59 Å². The Morgan fingerprint density at radius 1 is 0.730 bits per heavy atom. The summed E-state index contributed by atoms with van der Waals surface area (Å²) in [7, 11) is 2.43. The van der Waals surface area contributed by atoms with Crippen molar-refractivity contribution in [3.05, 3.63) is 71.6 Å². The first-order valence-corrected chi connectivity index (χ1v) is 20.9. The lowest BCUT2D eigenvalue weighted by Gasteiger charge is -2.43. The fourth-order valence-electron chi connectivity index (χ4n) is 8.76. The molecule has 4 amide bonds. The number of hydrogen-bond acceptors (Lipinski definition) is 8. The molecule has 0 radical (unpaired) electrons. The smallest absolute Gasteiger partial charge is 0.407 e. The summed E-state index contributed by atoms with van der Waals surface area (Å²) in [5.41, 5.74) is -3.54. The molecule has 4 heterocycles. The molecule has 14 nitrogen and oxygen atoms in total. The van der Waals surface area contributed by atoms with E-state index in [-0.39, 0.29) is 34.1 Å². The summed E-state index contributed by atoms with van der Waals surface area (Å²) in [6, 6.07) is 6.05. The number of rotatable bonds is 8. The Hall–Kier alpha value is -5.94. The molecule has 7 rings (SSSR count). The van der Waals surface area contributed by atoms with E-state index in [9.17, 15) is 19.2 Å². The second-order valence-electron chi connectivity index (χ2n) is 18.8. The van der Waals surface area contributed by atoms with Gasteiger partial charge < -0.3 is 39.9 Å². The third-order valence-corrected chi connectivity index (χ3v) is 12.9. The Bertz CT molecular complexity index is 2440. The molecular formula is C45H54F4N8O6. The largest absolute Gasteiger partial charge is 0.453 e. The Kier molecular flexibility index (Phi) is 11.5. The molecule has 0 unspecified atom stereocenters. The highest BCUT2D eigenvalue weighted by molar-refractivity contribution is 5.91. The van der Waals surface area contributed by atoms with Crippen molar-refractivity contribution < 1.29 is 46.2 Å². The SMILES string of the molecule is COC(=O)N[C@H](C(=O)N1CCC[C@H]1c1ncc(-c2ccc3c(c2)C(F)(F)C(F)(F)c2cc(-c4cnc([C@@H]5CCCN5C(=O)[C@](C)(NC(=O)OC)C(C)(C)C)[nH]4)ccc2-3)[nH]1)C(C)(C)C. The minimum Gasteiger partial charge on any atom is -0.453 e. The normalized spacial score (nSPS) is 20.6. The number of halogens is 4. The number of alkyl carbamates (subject to hydrolysis) is 2. The number of nitrogens with zero attached hydrogens (tertiary/aromatic N) is 4. The summed E-state index contributed by atoms with van der Waals surface area (Å²) in [5, 5.41) is 5.34. The minimum absolute atomic E-state index is 0.0530. The fraction of sp³-hybridized carbons (Fsp3) is 0.511. The van der Waals surface area contributed by atoms with Gasteiger partial charge in [-0.25, -0.2) is 19.6 Å². The predicted molar refractivity (Wildman–Crippen MR) is 224 cm³/mol. The van der Waals surface area contributed by atoms with Gasteiger partial charge in [0.1, 0.15) is 23.2 Å². The van der Waals surface area contributed by atoms with Crippen molar-refractivity contribution >= 4 is 24.0 Å². The van der Waals surface area contributed by atoms with Crippen LogP contribution in [0, 0.1) is 10.8 Å². The Labute approximate surface area is 362 Å². The van der Waals surface area contributed by atoms with Crippen LogP contribution in [0.5, 0.6) is 0 Å². The van der Waals surface area contributed by atoms with E-state index in [4.69, 9.17) is 9.47 Å². The van der Waals surface area contributed by atoms with Crippen molar-refractivity contribution in [2.45, 2.75) is 110 Å². The summed E-state index contributed by atoms with van der Waals surface area (Å²) < 4.78 is 74.5. The molecule has 63 heavy (non-hydrogen) atoms. The number of carbonyl (C=O) groups is 4. The molecule has 4 atom stereocenters. The van der Waals surface area contributed by atoms with E-state index >= 15 is 17.6 Å². The van der Waals surface area contributed by atoms with Gasteiger partial charge in [-0.05, 0) is 66.7 Å². The molecule has 0 bridgehead atoms. The van der Waals surface area contributed by atoms with Crippen LogP contribution in [-0.2, 0) is 30.9 Å². The average molecular weight is 879 g/mol. The number of benzene rings is 2. The van der Waals surface area contributed by atoms with Crippen LogP contribution in [-0.4, -0.2) is 92.6 Å². The van der Waals surface area contributed by atoms with Crippen LogP contribution in [0.4, 0.5) is 27.2 Å². The zero-order valence-corrected chi connectivity index (χ0v) is 36.8. The number of methoxy groups -OCH3 is 2. The number of ether oxygens (including phenoxy) is 2. The number of fused-ring (bicyclic) bond motifs is 3. The number of hydrogen-bond donors (Lipinski definition) is 4. The maximum Gasteiger partial charge on any atom is 0.407 e. The van der Waals surface area contributed by atoms with E-state index in [1.54, 1.807) is 28.9 Å². The lowest BCUT2D eigenvalue weighted by atomic mass is 9.73. The van der Waals surface area contributed by atoms with Crippen LogP contribution in [0.3, 0.4) is 0 Å². The molecule has 2 aromatic carbocycles. The van der Waals surface area contributed by atoms with Crippen molar-refractivity contribution in [1.82, 2.24) is 40.4 Å². The molecule has 18 heteroatoms. The molecule has 2 saturated heterocycles. The summed E-state index contributed by atoms with van der Waals surface area (Å²) >= 11 is 0. The van der Waals surface area contributed by atoms with Crippen LogP contribution < -0.4 is 10.6 Å². The van der Waals surface area contributed by atoms with Crippen LogP contribution in [0.15, 0.2) is 48.8 Å². The molecule has 4 aromatic rings. The van der Waals surface area contributed by atoms with Gasteiger partial charge in [0.25, 0.3) is 0 Å². The zero-order chi connectivity index (χ0) is 46.0. The van der Waals surface area contributed by atoms with Gasteiger partial charge in [-0.1, -0.05) is 65.8 Å². The maximum absolute atomic E-state index is 16.2. The minimum atomic E-state index is -4.61. The number of H-pyrrole nitrogens is 2. The van der Waals surface area contributed by atoms with E-state index in [1.807, 2.05) is 41.5 Å². The Morgan fingerprint density at radius 3 is 1.63 bits per heavy atom. The van der Waals surface area contributed by atoms with E-state index in [1.165, 1.54) is 38.7 Å². The summed E-state index contributed by atoms with van der Waals surface area (Å²) in [6.45, 7) is 13.3. The highest BCUT2D eigenvalue weighted by Crippen LogP contribution is 2.59. The van der Waals surface area contributed by atoms with E-state index < -0.39 is 69.7 Å². The van der Waals surface area contributed by atoms with Crippen molar-refractivity contribution in [2.75, 3.05) is 27.3 Å². The first kappa shape index (κ1) is 45.1. The highest BCUT2D eigenvalue weighted by Gasteiger charge is 2.63. The lowest BCUT2D eigenvalue weighted by molar-refractivity contribution is -0.225. The van der Waals surface area contributed by atoms with Gasteiger partial charge in [0.2, 0.25) is 11.8 Å². The zero-order valence-electron chi connectivity index (χ0n) is 36.8. The average Bonchev–Trinajstić information content (AvgIpc) is 4.07. The molecule has 2 fully saturated rings. The summed E-state index contributed by atoms with van der Waals surface area (Å²) in [5.74, 6) is -9.13. The van der Waals surface area contributed by atoms with E-state index in [2.05, 4.69) is 30.6 Å². The number of carbonyl (C=O) groups excluding carboxylic acids is 4. The number of nitrogens with one attached hydrogen (secondary N) is 4. The molecule has 2 aliphatic heterocycles. The van der Waals surface area contributed by atoms with Gasteiger partial charge >= 0.3 is 24.0 Å². The van der Waals surface area contributed by atoms with Crippen LogP contribution >= 0.6 is 0 Å². The second-order valence-corrected chi connectivity index (χ2v) is 18.8.